The normalized spacial score (nSPS) is 14.3. The summed E-state index contributed by atoms with van der Waals surface area (Å²) in [5, 5.41) is 3.84. The summed E-state index contributed by atoms with van der Waals surface area (Å²) in [5.41, 5.74) is 1.19. The topological polar surface area (TPSA) is 94.2 Å². The Balaban J connectivity index is 1.48. The average molecular weight is 583 g/mol. The standard InChI is InChI=1S/C34H31FN2O6/c1-3-17-42-30-15-13-22(18-31(30)41-4-2)20-37-33(39)27(32(38)36-34(37)40)19-26-25-11-7-5-9-23(25)14-16-29(26)43-21-24-10-6-8-12-28(24)35/h5-16,18-19H,3-4,17,20-21H2,1-2H3,(H,36,38,40)/b27-19+. The first-order valence-electron chi connectivity index (χ1n) is 14.0. The molecule has 4 aromatic rings. The van der Waals surface area contributed by atoms with E-state index in [9.17, 15) is 18.8 Å². The van der Waals surface area contributed by atoms with Crippen LogP contribution in [0.3, 0.4) is 0 Å². The van der Waals surface area contributed by atoms with E-state index in [-0.39, 0.29) is 18.7 Å². The zero-order chi connectivity index (χ0) is 30.3. The highest BCUT2D eigenvalue weighted by Crippen LogP contribution is 2.33. The lowest BCUT2D eigenvalue weighted by atomic mass is 9.99. The Bertz CT molecular complexity index is 1720. The van der Waals surface area contributed by atoms with E-state index in [1.807, 2.05) is 44.2 Å². The van der Waals surface area contributed by atoms with Crippen molar-refractivity contribution >= 4 is 34.7 Å². The molecule has 1 aliphatic heterocycles. The quantitative estimate of drug-likeness (QED) is 0.162. The molecule has 9 heteroatoms. The fraction of sp³-hybridized carbons (Fsp3) is 0.206. The maximum absolute atomic E-state index is 14.3. The van der Waals surface area contributed by atoms with Crippen molar-refractivity contribution in [2.75, 3.05) is 13.2 Å². The van der Waals surface area contributed by atoms with Crippen LogP contribution >= 0.6 is 0 Å². The van der Waals surface area contributed by atoms with Gasteiger partial charge in [-0.15, -0.1) is 0 Å². The third-order valence-electron chi connectivity index (χ3n) is 6.86. The first-order chi connectivity index (χ1) is 20.9. The summed E-state index contributed by atoms with van der Waals surface area (Å²) in [6.45, 7) is 4.60. The Hall–Kier alpha value is -5.18. The molecule has 0 saturated carbocycles. The van der Waals surface area contributed by atoms with E-state index in [1.54, 1.807) is 42.5 Å². The molecule has 4 amide bonds. The number of hydrogen-bond donors (Lipinski definition) is 1. The van der Waals surface area contributed by atoms with Crippen LogP contribution in [0.15, 0.2) is 84.4 Å². The van der Waals surface area contributed by atoms with Gasteiger partial charge in [0.1, 0.15) is 23.7 Å². The first kappa shape index (κ1) is 29.3. The Morgan fingerprint density at radius 2 is 1.60 bits per heavy atom. The number of benzene rings is 4. The van der Waals surface area contributed by atoms with Crippen molar-refractivity contribution in [3.05, 3.63) is 107 Å². The average Bonchev–Trinajstić information content (AvgIpc) is 3.01. The van der Waals surface area contributed by atoms with Crippen LogP contribution in [0.4, 0.5) is 9.18 Å². The van der Waals surface area contributed by atoms with Crippen LogP contribution in [0.25, 0.3) is 16.8 Å². The second-order valence-electron chi connectivity index (χ2n) is 9.85. The maximum Gasteiger partial charge on any atom is 0.331 e. The van der Waals surface area contributed by atoms with E-state index in [0.29, 0.717) is 52.5 Å². The van der Waals surface area contributed by atoms with Crippen molar-refractivity contribution < 1.29 is 33.0 Å². The Kier molecular flexibility index (Phi) is 9.00. The highest BCUT2D eigenvalue weighted by atomic mass is 19.1. The third-order valence-corrected chi connectivity index (χ3v) is 6.86. The minimum atomic E-state index is -0.828. The summed E-state index contributed by atoms with van der Waals surface area (Å²) in [4.78, 5) is 40.5. The largest absolute Gasteiger partial charge is 0.490 e. The van der Waals surface area contributed by atoms with Gasteiger partial charge in [0.2, 0.25) is 0 Å². The summed E-state index contributed by atoms with van der Waals surface area (Å²) < 4.78 is 31.8. The number of nitrogens with zero attached hydrogens (tertiary/aromatic N) is 1. The molecule has 1 saturated heterocycles. The summed E-state index contributed by atoms with van der Waals surface area (Å²) in [6, 6.07) is 21.6. The van der Waals surface area contributed by atoms with Crippen LogP contribution < -0.4 is 19.5 Å². The molecule has 1 fully saturated rings. The number of rotatable bonds is 11. The number of hydrogen-bond acceptors (Lipinski definition) is 6. The lowest BCUT2D eigenvalue weighted by Gasteiger charge is -2.27. The molecule has 43 heavy (non-hydrogen) atoms. The minimum absolute atomic E-state index is 0.0634. The predicted molar refractivity (Wildman–Crippen MR) is 160 cm³/mol. The molecular formula is C34H31FN2O6. The number of imide groups is 2. The highest BCUT2D eigenvalue weighted by molar-refractivity contribution is 6.31. The van der Waals surface area contributed by atoms with Crippen molar-refractivity contribution in [3.8, 4) is 17.2 Å². The summed E-state index contributed by atoms with van der Waals surface area (Å²) in [6.07, 6.45) is 2.24. The van der Waals surface area contributed by atoms with Gasteiger partial charge >= 0.3 is 6.03 Å². The maximum atomic E-state index is 14.3. The van der Waals surface area contributed by atoms with Crippen LogP contribution in [-0.2, 0) is 22.7 Å². The summed E-state index contributed by atoms with van der Waals surface area (Å²) in [5.74, 6) is -0.572. The van der Waals surface area contributed by atoms with E-state index in [0.717, 1.165) is 16.7 Å². The second-order valence-corrected chi connectivity index (χ2v) is 9.85. The van der Waals surface area contributed by atoms with Crippen LogP contribution in [-0.4, -0.2) is 36.0 Å². The molecule has 1 N–H and O–H groups in total. The van der Waals surface area contributed by atoms with Gasteiger partial charge in [0, 0.05) is 11.1 Å². The van der Waals surface area contributed by atoms with Crippen LogP contribution in [0.1, 0.15) is 37.0 Å². The molecule has 1 aliphatic rings. The molecule has 220 valence electrons. The zero-order valence-corrected chi connectivity index (χ0v) is 23.9. The molecule has 1 heterocycles. The minimum Gasteiger partial charge on any atom is -0.490 e. The molecule has 0 atom stereocenters. The van der Waals surface area contributed by atoms with Gasteiger partial charge in [-0.1, -0.05) is 61.5 Å². The van der Waals surface area contributed by atoms with Gasteiger partial charge in [-0.3, -0.25) is 19.8 Å². The van der Waals surface area contributed by atoms with E-state index >= 15 is 0 Å². The highest BCUT2D eigenvalue weighted by Gasteiger charge is 2.36. The van der Waals surface area contributed by atoms with Crippen LogP contribution in [0.5, 0.6) is 17.2 Å². The number of barbiturate groups is 1. The molecule has 0 spiro atoms. The SMILES string of the molecule is CCCOc1ccc(CN2C(=O)NC(=O)/C(=C\c3c(OCc4ccccc4F)ccc4ccccc34)C2=O)cc1OCC. The number of nitrogens with one attached hydrogen (secondary N) is 1. The van der Waals surface area contributed by atoms with E-state index in [4.69, 9.17) is 14.2 Å². The number of carbonyl (C=O) groups excluding carboxylic acids is 3. The molecule has 0 radical (unpaired) electrons. The van der Waals surface area contributed by atoms with Gasteiger partial charge < -0.3 is 14.2 Å². The molecule has 0 aliphatic carbocycles. The van der Waals surface area contributed by atoms with Crippen molar-refractivity contribution in [1.82, 2.24) is 10.2 Å². The van der Waals surface area contributed by atoms with Crippen LogP contribution in [0, 0.1) is 5.82 Å². The van der Waals surface area contributed by atoms with Crippen molar-refractivity contribution in [2.24, 2.45) is 0 Å². The summed E-state index contributed by atoms with van der Waals surface area (Å²) in [7, 11) is 0. The first-order valence-corrected chi connectivity index (χ1v) is 14.0. The van der Waals surface area contributed by atoms with E-state index in [1.165, 1.54) is 12.1 Å². The van der Waals surface area contributed by atoms with Gasteiger partial charge in [-0.2, -0.15) is 0 Å². The van der Waals surface area contributed by atoms with Gasteiger partial charge in [0.15, 0.2) is 11.5 Å². The second kappa shape index (κ2) is 13.2. The van der Waals surface area contributed by atoms with Crippen molar-refractivity contribution in [1.29, 1.82) is 0 Å². The molecule has 0 aromatic heterocycles. The fourth-order valence-corrected chi connectivity index (χ4v) is 4.74. The number of amides is 4. The Morgan fingerprint density at radius 1 is 0.837 bits per heavy atom. The van der Waals surface area contributed by atoms with E-state index in [2.05, 4.69) is 5.32 Å². The lowest BCUT2D eigenvalue weighted by molar-refractivity contribution is -0.130. The number of carbonyl (C=O) groups is 3. The number of halogens is 1. The zero-order valence-electron chi connectivity index (χ0n) is 23.9. The smallest absolute Gasteiger partial charge is 0.331 e. The fourth-order valence-electron chi connectivity index (χ4n) is 4.74. The van der Waals surface area contributed by atoms with Gasteiger partial charge in [0.05, 0.1) is 19.8 Å². The molecule has 5 rings (SSSR count). The van der Waals surface area contributed by atoms with Crippen molar-refractivity contribution in [3.63, 3.8) is 0 Å². The number of urea groups is 1. The monoisotopic (exact) mass is 582 g/mol. The molecular weight excluding hydrogens is 551 g/mol. The number of fused-ring (bicyclic) bond motifs is 1. The molecule has 0 bridgehead atoms. The lowest BCUT2D eigenvalue weighted by Crippen LogP contribution is -2.53. The third kappa shape index (κ3) is 6.51. The van der Waals surface area contributed by atoms with Gasteiger partial charge in [-0.05, 0) is 60.0 Å². The molecule has 4 aromatic carbocycles. The summed E-state index contributed by atoms with van der Waals surface area (Å²) >= 11 is 0. The van der Waals surface area contributed by atoms with Crippen LogP contribution in [0.2, 0.25) is 0 Å². The number of ether oxygens (including phenoxy) is 3. The predicted octanol–water partition coefficient (Wildman–Crippen LogP) is 6.41. The molecule has 0 unspecified atom stereocenters. The Labute approximate surface area is 248 Å². The van der Waals surface area contributed by atoms with Crippen molar-refractivity contribution in [2.45, 2.75) is 33.4 Å². The van der Waals surface area contributed by atoms with Gasteiger partial charge in [0.25, 0.3) is 11.8 Å². The van der Waals surface area contributed by atoms with Gasteiger partial charge in [-0.25, -0.2) is 9.18 Å². The Morgan fingerprint density at radius 3 is 2.40 bits per heavy atom. The molecule has 8 nitrogen and oxygen atoms in total. The van der Waals surface area contributed by atoms with E-state index < -0.39 is 23.7 Å².